The molecule has 1 aromatic carbocycles. The van der Waals surface area contributed by atoms with Gasteiger partial charge in [0, 0.05) is 18.0 Å². The first kappa shape index (κ1) is 13.7. The normalized spacial score (nSPS) is 10.4. The third-order valence-corrected chi connectivity index (χ3v) is 3.62. The minimum Gasteiger partial charge on any atom is -0.293 e. The standard InChI is InChI=1S/C15H16N2OS/c1-2-3-12-4-6-13(7-5-12)14(18)11-19-15-10-16-8-9-17-15/h4-10H,2-3,11H2,1H3. The van der Waals surface area contributed by atoms with Crippen LogP contribution in [0.1, 0.15) is 29.3 Å². The Labute approximate surface area is 117 Å². The Bertz CT molecular complexity index is 526. The van der Waals surface area contributed by atoms with Crippen LogP contribution >= 0.6 is 11.8 Å². The van der Waals surface area contributed by atoms with Gasteiger partial charge in [-0.3, -0.25) is 9.78 Å². The first-order chi connectivity index (χ1) is 9.29. The van der Waals surface area contributed by atoms with Crippen LogP contribution in [0.3, 0.4) is 0 Å². The molecule has 0 saturated carbocycles. The van der Waals surface area contributed by atoms with E-state index in [0.29, 0.717) is 5.75 Å². The average Bonchev–Trinajstić information content (AvgIpc) is 2.47. The highest BCUT2D eigenvalue weighted by Gasteiger charge is 2.07. The van der Waals surface area contributed by atoms with Gasteiger partial charge in [0.05, 0.1) is 11.9 Å². The molecule has 0 saturated heterocycles. The summed E-state index contributed by atoms with van der Waals surface area (Å²) in [7, 11) is 0. The number of thioether (sulfide) groups is 1. The van der Waals surface area contributed by atoms with Gasteiger partial charge >= 0.3 is 0 Å². The number of hydrogen-bond acceptors (Lipinski definition) is 4. The summed E-state index contributed by atoms with van der Waals surface area (Å²) in [6.45, 7) is 2.15. The maximum atomic E-state index is 12.0. The number of carbonyl (C=O) groups is 1. The highest BCUT2D eigenvalue weighted by Crippen LogP contribution is 2.16. The average molecular weight is 272 g/mol. The second kappa shape index (κ2) is 7.04. The molecule has 0 bridgehead atoms. The molecule has 98 valence electrons. The zero-order valence-corrected chi connectivity index (χ0v) is 11.7. The summed E-state index contributed by atoms with van der Waals surface area (Å²) in [6.07, 6.45) is 7.10. The number of carbonyl (C=O) groups excluding carboxylic acids is 1. The van der Waals surface area contributed by atoms with Crippen molar-refractivity contribution >= 4 is 17.5 Å². The van der Waals surface area contributed by atoms with Crippen LogP contribution in [-0.4, -0.2) is 21.5 Å². The lowest BCUT2D eigenvalue weighted by Gasteiger charge is -2.03. The smallest absolute Gasteiger partial charge is 0.173 e. The van der Waals surface area contributed by atoms with Gasteiger partial charge in [0.25, 0.3) is 0 Å². The van der Waals surface area contributed by atoms with Crippen molar-refractivity contribution in [3.8, 4) is 0 Å². The molecule has 0 atom stereocenters. The third-order valence-electron chi connectivity index (χ3n) is 2.71. The molecule has 0 fully saturated rings. The maximum absolute atomic E-state index is 12.0. The van der Waals surface area contributed by atoms with E-state index in [1.165, 1.54) is 17.3 Å². The van der Waals surface area contributed by atoms with Crippen LogP contribution in [0.2, 0.25) is 0 Å². The SMILES string of the molecule is CCCc1ccc(C(=O)CSc2cnccn2)cc1. The molecular weight excluding hydrogens is 256 g/mol. The molecule has 1 aromatic heterocycles. The first-order valence-electron chi connectivity index (χ1n) is 6.30. The van der Waals surface area contributed by atoms with Crippen molar-refractivity contribution in [3.05, 3.63) is 54.0 Å². The molecule has 0 spiro atoms. The number of nitrogens with zero attached hydrogens (tertiary/aromatic N) is 2. The Balaban J connectivity index is 1.92. The Morgan fingerprint density at radius 3 is 2.63 bits per heavy atom. The molecule has 1 heterocycles. The maximum Gasteiger partial charge on any atom is 0.173 e. The Kier molecular flexibility index (Phi) is 5.10. The van der Waals surface area contributed by atoms with Gasteiger partial charge in [0.2, 0.25) is 0 Å². The summed E-state index contributed by atoms with van der Waals surface area (Å²) in [6, 6.07) is 7.88. The van der Waals surface area contributed by atoms with Crippen LogP contribution < -0.4 is 0 Å². The number of aromatic nitrogens is 2. The van der Waals surface area contributed by atoms with Crippen LogP contribution in [0.4, 0.5) is 0 Å². The number of aryl methyl sites for hydroxylation is 1. The summed E-state index contributed by atoms with van der Waals surface area (Å²) in [5.41, 5.74) is 2.04. The molecule has 0 N–H and O–H groups in total. The molecule has 0 aliphatic carbocycles. The molecule has 0 amide bonds. The molecular formula is C15H16N2OS. The van der Waals surface area contributed by atoms with E-state index >= 15 is 0 Å². The van der Waals surface area contributed by atoms with E-state index in [-0.39, 0.29) is 5.78 Å². The third kappa shape index (κ3) is 4.17. The van der Waals surface area contributed by atoms with E-state index in [2.05, 4.69) is 16.9 Å². The molecule has 0 aliphatic heterocycles. The quantitative estimate of drug-likeness (QED) is 0.597. The van der Waals surface area contributed by atoms with Crippen molar-refractivity contribution in [1.29, 1.82) is 0 Å². The second-order valence-electron chi connectivity index (χ2n) is 4.20. The van der Waals surface area contributed by atoms with Gasteiger partial charge in [0.15, 0.2) is 5.78 Å². The van der Waals surface area contributed by atoms with Crippen LogP contribution in [0.5, 0.6) is 0 Å². The summed E-state index contributed by atoms with van der Waals surface area (Å²) < 4.78 is 0. The number of rotatable bonds is 6. The number of Topliss-reactive ketones (excluding diaryl/α,β-unsaturated/α-hetero) is 1. The lowest BCUT2D eigenvalue weighted by Crippen LogP contribution is -2.02. The van der Waals surface area contributed by atoms with Gasteiger partial charge in [-0.05, 0) is 12.0 Å². The van der Waals surface area contributed by atoms with E-state index < -0.39 is 0 Å². The van der Waals surface area contributed by atoms with Crippen LogP contribution in [0, 0.1) is 0 Å². The number of benzene rings is 1. The second-order valence-corrected chi connectivity index (χ2v) is 5.20. The monoisotopic (exact) mass is 272 g/mol. The molecule has 4 heteroatoms. The van der Waals surface area contributed by atoms with Crippen molar-refractivity contribution in [2.75, 3.05) is 5.75 Å². The number of hydrogen-bond donors (Lipinski definition) is 0. The van der Waals surface area contributed by atoms with E-state index in [9.17, 15) is 4.79 Å². The summed E-state index contributed by atoms with van der Waals surface area (Å²) in [5.74, 6) is 0.518. The summed E-state index contributed by atoms with van der Waals surface area (Å²) >= 11 is 1.41. The molecule has 19 heavy (non-hydrogen) atoms. The topological polar surface area (TPSA) is 42.9 Å². The number of ketones is 1. The van der Waals surface area contributed by atoms with Crippen LogP contribution in [0.25, 0.3) is 0 Å². The van der Waals surface area contributed by atoms with Crippen LogP contribution in [-0.2, 0) is 6.42 Å². The zero-order chi connectivity index (χ0) is 13.5. The Morgan fingerprint density at radius 2 is 2.00 bits per heavy atom. The van der Waals surface area contributed by atoms with Gasteiger partial charge in [-0.15, -0.1) is 0 Å². The largest absolute Gasteiger partial charge is 0.293 e. The fraction of sp³-hybridized carbons (Fsp3) is 0.267. The molecule has 0 aliphatic rings. The predicted octanol–water partition coefficient (Wildman–Crippen LogP) is 3.40. The van der Waals surface area contributed by atoms with Crippen molar-refractivity contribution in [2.24, 2.45) is 0 Å². The molecule has 2 aromatic rings. The predicted molar refractivity (Wildman–Crippen MR) is 77.5 cm³/mol. The van der Waals surface area contributed by atoms with Gasteiger partial charge in [0.1, 0.15) is 5.03 Å². The van der Waals surface area contributed by atoms with Crippen molar-refractivity contribution in [3.63, 3.8) is 0 Å². The van der Waals surface area contributed by atoms with E-state index in [4.69, 9.17) is 0 Å². The summed E-state index contributed by atoms with van der Waals surface area (Å²) in [4.78, 5) is 20.1. The minimum atomic E-state index is 0.124. The van der Waals surface area contributed by atoms with Crippen LogP contribution in [0.15, 0.2) is 47.9 Å². The zero-order valence-electron chi connectivity index (χ0n) is 10.9. The molecule has 0 radical (unpaired) electrons. The lowest BCUT2D eigenvalue weighted by atomic mass is 10.1. The van der Waals surface area contributed by atoms with E-state index in [1.54, 1.807) is 18.6 Å². The highest BCUT2D eigenvalue weighted by atomic mass is 32.2. The lowest BCUT2D eigenvalue weighted by molar-refractivity contribution is 0.102. The fourth-order valence-corrected chi connectivity index (χ4v) is 2.45. The van der Waals surface area contributed by atoms with Crippen molar-refractivity contribution < 1.29 is 4.79 Å². The minimum absolute atomic E-state index is 0.124. The Hall–Kier alpha value is -1.68. The molecule has 0 unspecified atom stereocenters. The first-order valence-corrected chi connectivity index (χ1v) is 7.29. The highest BCUT2D eigenvalue weighted by molar-refractivity contribution is 7.99. The van der Waals surface area contributed by atoms with Gasteiger partial charge < -0.3 is 0 Å². The molecule has 3 nitrogen and oxygen atoms in total. The van der Waals surface area contributed by atoms with E-state index in [0.717, 1.165) is 23.4 Å². The summed E-state index contributed by atoms with van der Waals surface area (Å²) in [5, 5.41) is 0.776. The van der Waals surface area contributed by atoms with Gasteiger partial charge in [-0.2, -0.15) is 0 Å². The van der Waals surface area contributed by atoms with Gasteiger partial charge in [-0.25, -0.2) is 4.98 Å². The van der Waals surface area contributed by atoms with Crippen molar-refractivity contribution in [2.45, 2.75) is 24.8 Å². The van der Waals surface area contributed by atoms with Crippen molar-refractivity contribution in [1.82, 2.24) is 9.97 Å². The van der Waals surface area contributed by atoms with E-state index in [1.807, 2.05) is 24.3 Å². The van der Waals surface area contributed by atoms with Gasteiger partial charge in [-0.1, -0.05) is 49.4 Å². The Morgan fingerprint density at radius 1 is 1.21 bits per heavy atom. The fourth-order valence-electron chi connectivity index (χ4n) is 1.73. The molecule has 2 rings (SSSR count).